The van der Waals surface area contributed by atoms with Gasteiger partial charge in [0.05, 0.1) is 6.61 Å². The third-order valence-corrected chi connectivity index (χ3v) is 4.64. The van der Waals surface area contributed by atoms with E-state index >= 15 is 0 Å². The van der Waals surface area contributed by atoms with Gasteiger partial charge in [-0.25, -0.2) is 0 Å². The Balaban J connectivity index is 1.68. The smallest absolute Gasteiger partial charge is 0.0820 e. The highest BCUT2D eigenvalue weighted by molar-refractivity contribution is 9.10. The lowest BCUT2D eigenvalue weighted by atomic mass is 9.99. The predicted octanol–water partition coefficient (Wildman–Crippen LogP) is 3.03. The Morgan fingerprint density at radius 2 is 2.27 bits per heavy atom. The summed E-state index contributed by atoms with van der Waals surface area (Å²) in [5, 5.41) is 5.46. The van der Waals surface area contributed by atoms with E-state index in [4.69, 9.17) is 4.74 Å². The van der Waals surface area contributed by atoms with Crippen LogP contribution in [0.3, 0.4) is 0 Å². The fraction of sp³-hybridized carbons (Fsp3) is 0.636. The fourth-order valence-electron chi connectivity index (χ4n) is 1.79. The van der Waals surface area contributed by atoms with Crippen molar-refractivity contribution < 1.29 is 4.74 Å². The van der Waals surface area contributed by atoms with E-state index in [1.54, 1.807) is 11.3 Å². The van der Waals surface area contributed by atoms with Gasteiger partial charge in [-0.05, 0) is 59.2 Å². The number of thiophene rings is 1. The normalized spacial score (nSPS) is 18.2. The van der Waals surface area contributed by atoms with Crippen molar-refractivity contribution in [3.8, 4) is 0 Å². The quantitative estimate of drug-likeness (QED) is 0.920. The second-order valence-corrected chi connectivity index (χ2v) is 5.76. The molecule has 0 aromatic carbocycles. The zero-order valence-corrected chi connectivity index (χ0v) is 11.1. The average molecular weight is 290 g/mol. The molecular formula is C11H16BrNOS. The van der Waals surface area contributed by atoms with Crippen molar-refractivity contribution in [3.63, 3.8) is 0 Å². The van der Waals surface area contributed by atoms with Crippen molar-refractivity contribution in [2.24, 2.45) is 5.92 Å². The van der Waals surface area contributed by atoms with Gasteiger partial charge in [0, 0.05) is 16.0 Å². The molecule has 0 saturated carbocycles. The molecule has 4 heteroatoms. The van der Waals surface area contributed by atoms with Crippen molar-refractivity contribution in [3.05, 3.63) is 20.8 Å². The van der Waals surface area contributed by atoms with Crippen molar-refractivity contribution in [1.29, 1.82) is 0 Å². The summed E-state index contributed by atoms with van der Waals surface area (Å²) >= 11 is 5.26. The molecule has 1 aromatic heterocycles. The Morgan fingerprint density at radius 3 is 2.93 bits per heavy atom. The maximum Gasteiger partial charge on any atom is 0.0820 e. The van der Waals surface area contributed by atoms with E-state index in [9.17, 15) is 0 Å². The van der Waals surface area contributed by atoms with Gasteiger partial charge in [-0.1, -0.05) is 0 Å². The molecule has 1 fully saturated rings. The minimum absolute atomic E-state index is 0.752. The lowest BCUT2D eigenvalue weighted by molar-refractivity contribution is 0.0776. The number of hydrogen-bond donors (Lipinski definition) is 1. The molecule has 2 nitrogen and oxygen atoms in total. The topological polar surface area (TPSA) is 21.3 Å². The maximum absolute atomic E-state index is 5.75. The molecule has 15 heavy (non-hydrogen) atoms. The number of ether oxygens (including phenoxy) is 1. The zero-order chi connectivity index (χ0) is 10.5. The highest BCUT2D eigenvalue weighted by atomic mass is 79.9. The van der Waals surface area contributed by atoms with Gasteiger partial charge in [-0.15, -0.1) is 11.3 Å². The van der Waals surface area contributed by atoms with E-state index in [0.29, 0.717) is 0 Å². The first-order valence-electron chi connectivity index (χ1n) is 5.36. The SMILES string of the molecule is Brc1ccsc1COCC1CCNCC1. The van der Waals surface area contributed by atoms with Gasteiger partial charge in [0.1, 0.15) is 0 Å². The van der Waals surface area contributed by atoms with Crippen LogP contribution in [0.5, 0.6) is 0 Å². The van der Waals surface area contributed by atoms with Crippen molar-refractivity contribution in [2.45, 2.75) is 19.4 Å². The molecule has 0 amide bonds. The number of nitrogens with one attached hydrogen (secondary N) is 1. The summed E-state index contributed by atoms with van der Waals surface area (Å²) in [6, 6.07) is 2.08. The molecule has 0 atom stereocenters. The minimum atomic E-state index is 0.752. The number of rotatable bonds is 4. The number of hydrogen-bond acceptors (Lipinski definition) is 3. The molecule has 0 spiro atoms. The average Bonchev–Trinajstić information content (AvgIpc) is 2.66. The van der Waals surface area contributed by atoms with Crippen LogP contribution in [-0.4, -0.2) is 19.7 Å². The van der Waals surface area contributed by atoms with E-state index in [0.717, 1.165) is 32.2 Å². The molecule has 1 N–H and O–H groups in total. The summed E-state index contributed by atoms with van der Waals surface area (Å²) in [6.07, 6.45) is 2.51. The maximum atomic E-state index is 5.75. The summed E-state index contributed by atoms with van der Waals surface area (Å²) < 4.78 is 6.93. The van der Waals surface area contributed by atoms with Crippen LogP contribution in [0.1, 0.15) is 17.7 Å². The molecule has 2 rings (SSSR count). The Kier molecular flexibility index (Phi) is 4.62. The monoisotopic (exact) mass is 289 g/mol. The Hall–Kier alpha value is 0.1000. The third kappa shape index (κ3) is 3.55. The molecule has 1 saturated heterocycles. The van der Waals surface area contributed by atoms with E-state index in [1.165, 1.54) is 22.2 Å². The lowest BCUT2D eigenvalue weighted by Gasteiger charge is -2.22. The third-order valence-electron chi connectivity index (χ3n) is 2.74. The minimum Gasteiger partial charge on any atom is -0.376 e. The van der Waals surface area contributed by atoms with Crippen LogP contribution in [0.4, 0.5) is 0 Å². The van der Waals surface area contributed by atoms with Crippen molar-refractivity contribution in [2.75, 3.05) is 19.7 Å². The largest absolute Gasteiger partial charge is 0.376 e. The second-order valence-electron chi connectivity index (χ2n) is 3.90. The highest BCUT2D eigenvalue weighted by Crippen LogP contribution is 2.23. The van der Waals surface area contributed by atoms with Crippen LogP contribution >= 0.6 is 27.3 Å². The summed E-state index contributed by atoms with van der Waals surface area (Å²) in [5.74, 6) is 0.755. The predicted molar refractivity (Wildman–Crippen MR) is 67.3 cm³/mol. The lowest BCUT2D eigenvalue weighted by Crippen LogP contribution is -2.29. The number of piperidine rings is 1. The molecular weight excluding hydrogens is 274 g/mol. The molecule has 0 radical (unpaired) electrons. The van der Waals surface area contributed by atoms with Gasteiger partial charge in [0.2, 0.25) is 0 Å². The summed E-state index contributed by atoms with van der Waals surface area (Å²) in [6.45, 7) is 3.96. The first-order chi connectivity index (χ1) is 7.36. The van der Waals surface area contributed by atoms with Gasteiger partial charge in [0.25, 0.3) is 0 Å². The highest BCUT2D eigenvalue weighted by Gasteiger charge is 2.13. The Bertz CT molecular complexity index is 297. The van der Waals surface area contributed by atoms with Gasteiger partial charge >= 0.3 is 0 Å². The molecule has 1 aliphatic rings. The van der Waals surface area contributed by atoms with E-state index in [-0.39, 0.29) is 0 Å². The molecule has 84 valence electrons. The van der Waals surface area contributed by atoms with E-state index in [2.05, 4.69) is 32.7 Å². The van der Waals surface area contributed by atoms with Crippen LogP contribution in [0.15, 0.2) is 15.9 Å². The van der Waals surface area contributed by atoms with Crippen LogP contribution in [0.2, 0.25) is 0 Å². The van der Waals surface area contributed by atoms with Gasteiger partial charge in [0.15, 0.2) is 0 Å². The van der Waals surface area contributed by atoms with Crippen LogP contribution < -0.4 is 5.32 Å². The summed E-state index contributed by atoms with van der Waals surface area (Å²) in [5.41, 5.74) is 0. The Morgan fingerprint density at radius 1 is 1.47 bits per heavy atom. The van der Waals surface area contributed by atoms with Crippen molar-refractivity contribution >= 4 is 27.3 Å². The molecule has 0 bridgehead atoms. The van der Waals surface area contributed by atoms with Crippen LogP contribution in [0, 0.1) is 5.92 Å². The molecule has 0 aliphatic carbocycles. The first kappa shape index (κ1) is 11.6. The number of halogens is 1. The molecule has 1 aliphatic heterocycles. The van der Waals surface area contributed by atoms with Crippen LogP contribution in [-0.2, 0) is 11.3 Å². The standard InChI is InChI=1S/C11H16BrNOS/c12-10-3-6-15-11(10)8-14-7-9-1-4-13-5-2-9/h3,6,9,13H,1-2,4-5,7-8H2. The van der Waals surface area contributed by atoms with Gasteiger partial charge in [-0.3, -0.25) is 0 Å². The van der Waals surface area contributed by atoms with Crippen molar-refractivity contribution in [1.82, 2.24) is 5.32 Å². The fourth-order valence-corrected chi connectivity index (χ4v) is 3.20. The summed E-state index contributed by atoms with van der Waals surface area (Å²) in [4.78, 5) is 1.30. The zero-order valence-electron chi connectivity index (χ0n) is 8.67. The van der Waals surface area contributed by atoms with Crippen LogP contribution in [0.25, 0.3) is 0 Å². The molecule has 1 aromatic rings. The second kappa shape index (κ2) is 5.99. The summed E-state index contributed by atoms with van der Waals surface area (Å²) in [7, 11) is 0. The van der Waals surface area contributed by atoms with Gasteiger partial charge < -0.3 is 10.1 Å². The first-order valence-corrected chi connectivity index (χ1v) is 7.04. The molecule has 0 unspecified atom stereocenters. The Labute approximate surface area is 103 Å². The van der Waals surface area contributed by atoms with Gasteiger partial charge in [-0.2, -0.15) is 0 Å². The molecule has 2 heterocycles. The van der Waals surface area contributed by atoms with E-state index in [1.807, 2.05) is 0 Å². The van der Waals surface area contributed by atoms with E-state index < -0.39 is 0 Å².